The van der Waals surface area contributed by atoms with Crippen LogP contribution in [0.1, 0.15) is 5.69 Å². The molecule has 1 aromatic heterocycles. The van der Waals surface area contributed by atoms with Gasteiger partial charge in [0.05, 0.1) is 19.3 Å². The fourth-order valence-electron chi connectivity index (χ4n) is 1.62. The largest absolute Gasteiger partial charge is 0.453 e. The molecule has 0 radical (unpaired) electrons. The molecule has 1 aromatic carbocycles. The Hall–Kier alpha value is -2.08. The quantitative estimate of drug-likeness (QED) is 0.837. The van der Waals surface area contributed by atoms with Gasteiger partial charge in [0.25, 0.3) is 0 Å². The first-order valence-corrected chi connectivity index (χ1v) is 6.77. The molecule has 0 saturated carbocycles. The number of anilines is 2. The molecule has 2 aromatic rings. The molecule has 6 heteroatoms. The van der Waals surface area contributed by atoms with Gasteiger partial charge in [-0.2, -0.15) is 0 Å². The van der Waals surface area contributed by atoms with Crippen molar-refractivity contribution in [2.45, 2.75) is 6.54 Å². The molecule has 0 atom stereocenters. The van der Waals surface area contributed by atoms with E-state index in [-0.39, 0.29) is 0 Å². The molecular weight excluding hydrogens is 322 g/mol. The zero-order valence-electron chi connectivity index (χ0n) is 10.9. The summed E-state index contributed by atoms with van der Waals surface area (Å²) in [5, 5.41) is 5.86. The molecule has 0 unspecified atom stereocenters. The highest BCUT2D eigenvalue weighted by atomic mass is 79.9. The number of nitrogens with zero attached hydrogens (tertiary/aromatic N) is 1. The molecule has 0 aliphatic rings. The lowest BCUT2D eigenvalue weighted by molar-refractivity contribution is 0.187. The molecular formula is C14H14BrN3O2. The van der Waals surface area contributed by atoms with Gasteiger partial charge in [-0.05, 0) is 46.3 Å². The zero-order valence-corrected chi connectivity index (χ0v) is 12.5. The average molecular weight is 336 g/mol. The second-order valence-corrected chi connectivity index (χ2v) is 4.82. The maximum Gasteiger partial charge on any atom is 0.411 e. The van der Waals surface area contributed by atoms with E-state index in [1.807, 2.05) is 36.4 Å². The zero-order chi connectivity index (χ0) is 14.4. The third-order valence-corrected chi connectivity index (χ3v) is 2.98. The summed E-state index contributed by atoms with van der Waals surface area (Å²) < 4.78 is 5.35. The maximum atomic E-state index is 11.1. The standard InChI is InChI=1S/C14H14BrN3O2/c1-20-14(19)18-11-5-2-4-10(8-11)16-9-12-6-3-7-13(15)17-12/h2-8,16H,9H2,1H3,(H,18,19). The van der Waals surface area contributed by atoms with Gasteiger partial charge in [-0.1, -0.05) is 12.1 Å². The Morgan fingerprint density at radius 2 is 2.00 bits per heavy atom. The van der Waals surface area contributed by atoms with E-state index < -0.39 is 6.09 Å². The molecule has 1 amide bonds. The summed E-state index contributed by atoms with van der Waals surface area (Å²) in [4.78, 5) is 15.5. The van der Waals surface area contributed by atoms with Crippen molar-refractivity contribution in [1.29, 1.82) is 0 Å². The first kappa shape index (κ1) is 14.3. The second-order valence-electron chi connectivity index (χ2n) is 4.00. The molecule has 0 fully saturated rings. The van der Waals surface area contributed by atoms with E-state index in [1.165, 1.54) is 7.11 Å². The SMILES string of the molecule is COC(=O)Nc1cccc(NCc2cccc(Br)n2)c1. The molecule has 2 N–H and O–H groups in total. The van der Waals surface area contributed by atoms with Crippen LogP contribution in [0.2, 0.25) is 0 Å². The summed E-state index contributed by atoms with van der Waals surface area (Å²) in [6, 6.07) is 13.1. The number of carbonyl (C=O) groups excluding carboxylic acids is 1. The van der Waals surface area contributed by atoms with E-state index in [0.717, 1.165) is 16.0 Å². The predicted molar refractivity (Wildman–Crippen MR) is 81.7 cm³/mol. The van der Waals surface area contributed by atoms with E-state index in [9.17, 15) is 4.79 Å². The lowest BCUT2D eigenvalue weighted by atomic mass is 10.2. The van der Waals surface area contributed by atoms with Crippen molar-refractivity contribution in [2.24, 2.45) is 0 Å². The summed E-state index contributed by atoms with van der Waals surface area (Å²) in [5.41, 5.74) is 2.48. The van der Waals surface area contributed by atoms with Crippen LogP contribution < -0.4 is 10.6 Å². The van der Waals surface area contributed by atoms with Crippen LogP contribution in [0.15, 0.2) is 47.1 Å². The molecule has 1 heterocycles. The number of rotatable bonds is 4. The lowest BCUT2D eigenvalue weighted by Crippen LogP contribution is -2.11. The summed E-state index contributed by atoms with van der Waals surface area (Å²) in [7, 11) is 1.33. The van der Waals surface area contributed by atoms with E-state index in [2.05, 4.69) is 36.3 Å². The summed E-state index contributed by atoms with van der Waals surface area (Å²) in [6.07, 6.45) is -0.490. The van der Waals surface area contributed by atoms with Crippen LogP contribution in [0.4, 0.5) is 16.2 Å². The van der Waals surface area contributed by atoms with Gasteiger partial charge >= 0.3 is 6.09 Å². The smallest absolute Gasteiger partial charge is 0.411 e. The highest BCUT2D eigenvalue weighted by Gasteiger charge is 2.02. The van der Waals surface area contributed by atoms with Gasteiger partial charge in [0, 0.05) is 11.4 Å². The Bertz CT molecular complexity index is 604. The Morgan fingerprint density at radius 1 is 1.25 bits per heavy atom. The molecule has 0 aliphatic carbocycles. The highest BCUT2D eigenvalue weighted by molar-refractivity contribution is 9.10. The van der Waals surface area contributed by atoms with Crippen LogP contribution in [0.25, 0.3) is 0 Å². The summed E-state index contributed by atoms with van der Waals surface area (Å²) >= 11 is 3.33. The maximum absolute atomic E-state index is 11.1. The van der Waals surface area contributed by atoms with Crippen molar-refractivity contribution in [3.8, 4) is 0 Å². The van der Waals surface area contributed by atoms with E-state index in [0.29, 0.717) is 12.2 Å². The van der Waals surface area contributed by atoms with Gasteiger partial charge in [-0.25, -0.2) is 9.78 Å². The van der Waals surface area contributed by atoms with E-state index in [1.54, 1.807) is 6.07 Å². The third-order valence-electron chi connectivity index (χ3n) is 2.54. The molecule has 2 rings (SSSR count). The Labute approximate surface area is 125 Å². The van der Waals surface area contributed by atoms with E-state index >= 15 is 0 Å². The molecule has 0 bridgehead atoms. The molecule has 20 heavy (non-hydrogen) atoms. The topological polar surface area (TPSA) is 63.2 Å². The fourth-order valence-corrected chi connectivity index (χ4v) is 2.00. The molecule has 104 valence electrons. The first-order valence-electron chi connectivity index (χ1n) is 5.98. The van der Waals surface area contributed by atoms with Crippen LogP contribution in [0.3, 0.4) is 0 Å². The van der Waals surface area contributed by atoms with Crippen LogP contribution in [-0.4, -0.2) is 18.2 Å². The lowest BCUT2D eigenvalue weighted by Gasteiger charge is -2.09. The van der Waals surface area contributed by atoms with Crippen molar-refractivity contribution in [3.63, 3.8) is 0 Å². The van der Waals surface area contributed by atoms with Crippen LogP contribution >= 0.6 is 15.9 Å². The minimum Gasteiger partial charge on any atom is -0.453 e. The minimum absolute atomic E-state index is 0.490. The summed E-state index contributed by atoms with van der Waals surface area (Å²) in [6.45, 7) is 0.598. The number of hydrogen-bond acceptors (Lipinski definition) is 4. The van der Waals surface area contributed by atoms with Gasteiger partial charge in [0.1, 0.15) is 4.60 Å². The number of carbonyl (C=O) groups is 1. The number of amides is 1. The second kappa shape index (κ2) is 6.91. The Balaban J connectivity index is 1.99. The number of pyridine rings is 1. The minimum atomic E-state index is -0.490. The third kappa shape index (κ3) is 4.24. The van der Waals surface area contributed by atoms with Crippen LogP contribution in [0, 0.1) is 0 Å². The Kier molecular flexibility index (Phi) is 4.95. The van der Waals surface area contributed by atoms with Crippen LogP contribution in [-0.2, 0) is 11.3 Å². The number of hydrogen-bond donors (Lipinski definition) is 2. The van der Waals surface area contributed by atoms with E-state index in [4.69, 9.17) is 0 Å². The average Bonchev–Trinajstić information content (AvgIpc) is 2.45. The predicted octanol–water partition coefficient (Wildman–Crippen LogP) is 3.63. The summed E-state index contributed by atoms with van der Waals surface area (Å²) in [5.74, 6) is 0. The number of nitrogens with one attached hydrogen (secondary N) is 2. The normalized spacial score (nSPS) is 9.90. The molecule has 0 saturated heterocycles. The van der Waals surface area contributed by atoms with Gasteiger partial charge in [0.15, 0.2) is 0 Å². The number of aromatic nitrogens is 1. The van der Waals surface area contributed by atoms with Crippen molar-refractivity contribution < 1.29 is 9.53 Å². The monoisotopic (exact) mass is 335 g/mol. The van der Waals surface area contributed by atoms with Gasteiger partial charge in [0.2, 0.25) is 0 Å². The van der Waals surface area contributed by atoms with Gasteiger partial charge in [-0.3, -0.25) is 5.32 Å². The van der Waals surface area contributed by atoms with Crippen LogP contribution in [0.5, 0.6) is 0 Å². The number of methoxy groups -OCH3 is 1. The highest BCUT2D eigenvalue weighted by Crippen LogP contribution is 2.16. The van der Waals surface area contributed by atoms with Crippen molar-refractivity contribution >= 4 is 33.4 Å². The molecule has 0 aliphatic heterocycles. The Morgan fingerprint density at radius 3 is 2.75 bits per heavy atom. The van der Waals surface area contributed by atoms with Gasteiger partial charge in [-0.15, -0.1) is 0 Å². The number of halogens is 1. The van der Waals surface area contributed by atoms with Crippen molar-refractivity contribution in [1.82, 2.24) is 4.98 Å². The number of ether oxygens (including phenoxy) is 1. The number of benzene rings is 1. The van der Waals surface area contributed by atoms with Crippen molar-refractivity contribution in [2.75, 3.05) is 17.7 Å². The fraction of sp³-hybridized carbons (Fsp3) is 0.143. The van der Waals surface area contributed by atoms with Gasteiger partial charge < -0.3 is 10.1 Å². The van der Waals surface area contributed by atoms with Crippen molar-refractivity contribution in [3.05, 3.63) is 52.8 Å². The molecule has 0 spiro atoms. The molecule has 5 nitrogen and oxygen atoms in total. The first-order chi connectivity index (χ1) is 9.67.